The molecule has 0 spiro atoms. The molecule has 0 bridgehead atoms. The number of hydrogen-bond acceptors (Lipinski definition) is 2. The molecule has 1 fully saturated rings. The number of aliphatic hydroxyl groups excluding tert-OH is 2. The van der Waals surface area contributed by atoms with Crippen LogP contribution in [0, 0.1) is 22.7 Å². The molecule has 0 amide bonds. The first-order valence-corrected chi connectivity index (χ1v) is 5.43. The maximum Gasteiger partial charge on any atom is 0.0656 e. The summed E-state index contributed by atoms with van der Waals surface area (Å²) in [5.74, 6) is 0.0402. The Bertz CT molecular complexity index is 177. The molecule has 2 heteroatoms. The largest absolute Gasteiger partial charge is 0.392 e. The normalized spacial score (nSPS) is 39.4. The second-order valence-electron chi connectivity index (χ2n) is 6.76. The van der Waals surface area contributed by atoms with Crippen LogP contribution in [0.1, 0.15) is 41.5 Å². The molecule has 0 heterocycles. The SMILES string of the molecule is CC(C)(C)C1C(O)C(C(C)(C)C)C1O. The highest BCUT2D eigenvalue weighted by Crippen LogP contribution is 2.51. The minimum absolute atomic E-state index is 0.0133. The van der Waals surface area contributed by atoms with Crippen molar-refractivity contribution in [3.8, 4) is 0 Å². The maximum atomic E-state index is 10.0. The molecule has 14 heavy (non-hydrogen) atoms. The van der Waals surface area contributed by atoms with E-state index in [4.69, 9.17) is 0 Å². The van der Waals surface area contributed by atoms with Gasteiger partial charge in [0.15, 0.2) is 0 Å². The van der Waals surface area contributed by atoms with Crippen LogP contribution >= 0.6 is 0 Å². The van der Waals surface area contributed by atoms with Gasteiger partial charge in [0.1, 0.15) is 0 Å². The zero-order chi connectivity index (χ0) is 11.3. The third-order valence-electron chi connectivity index (χ3n) is 3.47. The first-order chi connectivity index (χ1) is 6.07. The van der Waals surface area contributed by atoms with Crippen molar-refractivity contribution in [1.82, 2.24) is 0 Å². The van der Waals surface area contributed by atoms with Gasteiger partial charge in [-0.05, 0) is 10.8 Å². The molecule has 0 atom stereocenters. The van der Waals surface area contributed by atoms with Gasteiger partial charge in [0.2, 0.25) is 0 Å². The first kappa shape index (κ1) is 12.0. The van der Waals surface area contributed by atoms with Gasteiger partial charge in [-0.2, -0.15) is 0 Å². The molecule has 1 saturated carbocycles. The fraction of sp³-hybridized carbons (Fsp3) is 1.00. The average Bonchev–Trinajstić information content (AvgIpc) is 1.78. The predicted molar refractivity (Wildman–Crippen MR) is 57.9 cm³/mol. The highest BCUT2D eigenvalue weighted by Gasteiger charge is 2.57. The highest BCUT2D eigenvalue weighted by molar-refractivity contribution is 5.06. The van der Waals surface area contributed by atoms with E-state index in [9.17, 15) is 10.2 Å². The fourth-order valence-corrected chi connectivity index (χ4v) is 2.75. The molecule has 1 rings (SSSR count). The fourth-order valence-electron chi connectivity index (χ4n) is 2.75. The monoisotopic (exact) mass is 200 g/mol. The molecule has 1 aliphatic carbocycles. The average molecular weight is 200 g/mol. The summed E-state index contributed by atoms with van der Waals surface area (Å²) in [6.45, 7) is 12.4. The molecule has 0 aliphatic heterocycles. The van der Waals surface area contributed by atoms with Crippen LogP contribution in [0.2, 0.25) is 0 Å². The van der Waals surface area contributed by atoms with Crippen LogP contribution in [0.5, 0.6) is 0 Å². The Hall–Kier alpha value is -0.0800. The van der Waals surface area contributed by atoms with Gasteiger partial charge in [0.25, 0.3) is 0 Å². The van der Waals surface area contributed by atoms with Crippen molar-refractivity contribution < 1.29 is 10.2 Å². The summed E-state index contributed by atoms with van der Waals surface area (Å²) in [5.41, 5.74) is -0.0266. The van der Waals surface area contributed by atoms with Gasteiger partial charge in [-0.25, -0.2) is 0 Å². The molecular weight excluding hydrogens is 176 g/mol. The highest BCUT2D eigenvalue weighted by atomic mass is 16.3. The summed E-state index contributed by atoms with van der Waals surface area (Å²) in [5, 5.41) is 20.1. The van der Waals surface area contributed by atoms with E-state index in [0.717, 1.165) is 0 Å². The van der Waals surface area contributed by atoms with Crippen molar-refractivity contribution in [2.45, 2.75) is 53.8 Å². The Labute approximate surface area is 87.3 Å². The molecule has 0 aromatic carbocycles. The van der Waals surface area contributed by atoms with Crippen LogP contribution in [-0.4, -0.2) is 22.4 Å². The van der Waals surface area contributed by atoms with E-state index in [0.29, 0.717) is 0 Å². The van der Waals surface area contributed by atoms with Gasteiger partial charge < -0.3 is 10.2 Å². The van der Waals surface area contributed by atoms with E-state index >= 15 is 0 Å². The Morgan fingerprint density at radius 2 is 0.857 bits per heavy atom. The van der Waals surface area contributed by atoms with E-state index in [1.54, 1.807) is 0 Å². The summed E-state index contributed by atoms with van der Waals surface area (Å²) >= 11 is 0. The molecule has 0 aromatic rings. The molecule has 84 valence electrons. The smallest absolute Gasteiger partial charge is 0.0656 e. The van der Waals surface area contributed by atoms with Crippen molar-refractivity contribution in [2.24, 2.45) is 22.7 Å². The van der Waals surface area contributed by atoms with E-state index in [1.807, 2.05) is 0 Å². The predicted octanol–water partition coefficient (Wildman–Crippen LogP) is 2.05. The Morgan fingerprint density at radius 3 is 1.00 bits per heavy atom. The van der Waals surface area contributed by atoms with Crippen LogP contribution < -0.4 is 0 Å². The van der Waals surface area contributed by atoms with Crippen molar-refractivity contribution in [1.29, 1.82) is 0 Å². The standard InChI is InChI=1S/C12H24O2/c1-11(2,3)7-9(13)8(10(7)14)12(4,5)6/h7-10,13-14H,1-6H3. The molecule has 0 aromatic heterocycles. The Kier molecular flexibility index (Phi) is 2.75. The van der Waals surface area contributed by atoms with Gasteiger partial charge in [-0.15, -0.1) is 0 Å². The van der Waals surface area contributed by atoms with Gasteiger partial charge >= 0.3 is 0 Å². The quantitative estimate of drug-likeness (QED) is 0.628. The number of rotatable bonds is 0. The van der Waals surface area contributed by atoms with Crippen LogP contribution in [0.25, 0.3) is 0 Å². The molecule has 0 unspecified atom stereocenters. The minimum atomic E-state index is -0.356. The lowest BCUT2D eigenvalue weighted by Gasteiger charge is -2.57. The molecule has 0 saturated heterocycles. The van der Waals surface area contributed by atoms with E-state index < -0.39 is 0 Å². The molecular formula is C12H24O2. The summed E-state index contributed by atoms with van der Waals surface area (Å²) in [7, 11) is 0. The van der Waals surface area contributed by atoms with Crippen LogP contribution in [0.15, 0.2) is 0 Å². The van der Waals surface area contributed by atoms with Crippen molar-refractivity contribution in [3.05, 3.63) is 0 Å². The number of aliphatic hydroxyl groups is 2. The second-order valence-corrected chi connectivity index (χ2v) is 6.76. The molecule has 1 aliphatic rings. The molecule has 0 radical (unpaired) electrons. The van der Waals surface area contributed by atoms with Crippen LogP contribution in [0.3, 0.4) is 0 Å². The minimum Gasteiger partial charge on any atom is -0.392 e. The second kappa shape index (κ2) is 3.21. The zero-order valence-electron chi connectivity index (χ0n) is 10.2. The van der Waals surface area contributed by atoms with Crippen LogP contribution in [-0.2, 0) is 0 Å². The van der Waals surface area contributed by atoms with Crippen LogP contribution in [0.4, 0.5) is 0 Å². The topological polar surface area (TPSA) is 40.5 Å². The Morgan fingerprint density at radius 1 is 0.643 bits per heavy atom. The lowest BCUT2D eigenvalue weighted by atomic mass is 9.52. The third kappa shape index (κ3) is 1.82. The van der Waals surface area contributed by atoms with Crippen molar-refractivity contribution >= 4 is 0 Å². The van der Waals surface area contributed by atoms with E-state index in [2.05, 4.69) is 41.5 Å². The van der Waals surface area contributed by atoms with Crippen molar-refractivity contribution in [3.63, 3.8) is 0 Å². The summed E-state index contributed by atoms with van der Waals surface area (Å²) in [4.78, 5) is 0. The summed E-state index contributed by atoms with van der Waals surface area (Å²) in [6.07, 6.45) is -0.713. The maximum absolute atomic E-state index is 10.0. The zero-order valence-corrected chi connectivity index (χ0v) is 10.2. The Balaban J connectivity index is 2.76. The van der Waals surface area contributed by atoms with Gasteiger partial charge in [0, 0.05) is 11.8 Å². The van der Waals surface area contributed by atoms with E-state index in [1.165, 1.54) is 0 Å². The molecule has 2 N–H and O–H groups in total. The number of hydrogen-bond donors (Lipinski definition) is 2. The lowest BCUT2D eigenvalue weighted by Crippen LogP contribution is -2.63. The van der Waals surface area contributed by atoms with Crippen molar-refractivity contribution in [2.75, 3.05) is 0 Å². The summed E-state index contributed by atoms with van der Waals surface area (Å²) in [6, 6.07) is 0. The molecule has 2 nitrogen and oxygen atoms in total. The first-order valence-electron chi connectivity index (χ1n) is 5.43. The summed E-state index contributed by atoms with van der Waals surface area (Å²) < 4.78 is 0. The van der Waals surface area contributed by atoms with Gasteiger partial charge in [0.05, 0.1) is 12.2 Å². The van der Waals surface area contributed by atoms with Gasteiger partial charge in [-0.1, -0.05) is 41.5 Å². The lowest BCUT2D eigenvalue weighted by molar-refractivity contribution is -0.218. The third-order valence-corrected chi connectivity index (χ3v) is 3.47. The van der Waals surface area contributed by atoms with E-state index in [-0.39, 0.29) is 34.9 Å². The van der Waals surface area contributed by atoms with Gasteiger partial charge in [-0.3, -0.25) is 0 Å².